The summed E-state index contributed by atoms with van der Waals surface area (Å²) in [6.45, 7) is 5.18. The molecule has 21 heavy (non-hydrogen) atoms. The van der Waals surface area contributed by atoms with Gasteiger partial charge in [0.1, 0.15) is 0 Å². The Morgan fingerprint density at radius 2 is 2.10 bits per heavy atom. The van der Waals surface area contributed by atoms with E-state index in [2.05, 4.69) is 29.6 Å². The maximum absolute atomic E-state index is 12.2. The van der Waals surface area contributed by atoms with E-state index in [1.54, 1.807) is 24.0 Å². The summed E-state index contributed by atoms with van der Waals surface area (Å²) in [6, 6.07) is 9.74. The summed E-state index contributed by atoms with van der Waals surface area (Å²) >= 11 is 0. The van der Waals surface area contributed by atoms with E-state index in [0.717, 1.165) is 24.2 Å². The Balaban J connectivity index is 2.14. The van der Waals surface area contributed by atoms with Gasteiger partial charge in [0.15, 0.2) is 5.69 Å². The largest absolute Gasteiger partial charge is 0.320 e. The maximum Gasteiger partial charge on any atom is 0.276 e. The normalized spacial score (nSPS) is 12.1. The highest BCUT2D eigenvalue weighted by Crippen LogP contribution is 2.23. The number of nitrogens with one attached hydrogen (secondary N) is 2. The Morgan fingerprint density at radius 3 is 2.76 bits per heavy atom. The summed E-state index contributed by atoms with van der Waals surface area (Å²) < 4.78 is 1.62. The second kappa shape index (κ2) is 7.04. The molecular formula is C16H22N4O. The van der Waals surface area contributed by atoms with Crippen molar-refractivity contribution < 1.29 is 4.79 Å². The lowest BCUT2D eigenvalue weighted by atomic mass is 10.1. The van der Waals surface area contributed by atoms with Crippen LogP contribution < -0.4 is 10.6 Å². The number of carbonyl (C=O) groups is 1. The third kappa shape index (κ3) is 3.92. The van der Waals surface area contributed by atoms with Crippen LogP contribution in [0.5, 0.6) is 0 Å². The van der Waals surface area contributed by atoms with E-state index in [4.69, 9.17) is 0 Å². The van der Waals surface area contributed by atoms with Gasteiger partial charge in [0.2, 0.25) is 0 Å². The Hall–Kier alpha value is -2.14. The lowest BCUT2D eigenvalue weighted by Gasteiger charge is -2.18. The SMILES string of the molecule is CCCNC(C)c1ccccc1NC(=O)c1ccn(C)n1. The fraction of sp³-hybridized carbons (Fsp3) is 0.375. The van der Waals surface area contributed by atoms with Gasteiger partial charge in [-0.1, -0.05) is 25.1 Å². The average Bonchev–Trinajstić information content (AvgIpc) is 2.92. The number of aromatic nitrogens is 2. The zero-order valence-corrected chi connectivity index (χ0v) is 12.8. The van der Waals surface area contributed by atoms with E-state index >= 15 is 0 Å². The molecule has 1 unspecified atom stereocenters. The predicted molar refractivity (Wildman–Crippen MR) is 84.3 cm³/mol. The number of aryl methyl sites for hydroxylation is 1. The minimum Gasteiger partial charge on any atom is -0.320 e. The Bertz CT molecular complexity index is 606. The van der Waals surface area contributed by atoms with Crippen LogP contribution in [0, 0.1) is 0 Å². The van der Waals surface area contributed by atoms with Crippen molar-refractivity contribution >= 4 is 11.6 Å². The minimum absolute atomic E-state index is 0.185. The van der Waals surface area contributed by atoms with Crippen LogP contribution in [0.2, 0.25) is 0 Å². The van der Waals surface area contributed by atoms with Crippen LogP contribution in [0.15, 0.2) is 36.5 Å². The fourth-order valence-corrected chi connectivity index (χ4v) is 2.18. The topological polar surface area (TPSA) is 58.9 Å². The zero-order chi connectivity index (χ0) is 15.2. The van der Waals surface area contributed by atoms with Crippen LogP contribution in [-0.2, 0) is 7.05 Å². The third-order valence-corrected chi connectivity index (χ3v) is 3.32. The molecule has 0 aliphatic carbocycles. The number of amides is 1. The summed E-state index contributed by atoms with van der Waals surface area (Å²) in [5.41, 5.74) is 2.32. The van der Waals surface area contributed by atoms with Gasteiger partial charge in [0.05, 0.1) is 0 Å². The molecule has 0 aliphatic rings. The second-order valence-electron chi connectivity index (χ2n) is 5.09. The smallest absolute Gasteiger partial charge is 0.276 e. The lowest BCUT2D eigenvalue weighted by molar-refractivity contribution is 0.102. The first-order valence-electron chi connectivity index (χ1n) is 7.25. The molecule has 2 N–H and O–H groups in total. The molecule has 0 saturated carbocycles. The first-order valence-corrected chi connectivity index (χ1v) is 7.25. The molecule has 1 amide bonds. The van der Waals surface area contributed by atoms with Crippen molar-refractivity contribution in [3.8, 4) is 0 Å². The van der Waals surface area contributed by atoms with E-state index in [0.29, 0.717) is 5.69 Å². The molecule has 5 nitrogen and oxygen atoms in total. The molecule has 2 aromatic rings. The molecular weight excluding hydrogens is 264 g/mol. The number of hydrogen-bond donors (Lipinski definition) is 2. The average molecular weight is 286 g/mol. The first kappa shape index (κ1) is 15.3. The van der Waals surface area contributed by atoms with Crippen LogP contribution in [0.4, 0.5) is 5.69 Å². The molecule has 1 aromatic heterocycles. The van der Waals surface area contributed by atoms with Crippen LogP contribution in [0.3, 0.4) is 0 Å². The highest BCUT2D eigenvalue weighted by atomic mass is 16.1. The van der Waals surface area contributed by atoms with E-state index < -0.39 is 0 Å². The number of rotatable bonds is 6. The third-order valence-electron chi connectivity index (χ3n) is 3.32. The van der Waals surface area contributed by atoms with E-state index in [9.17, 15) is 4.79 Å². The van der Waals surface area contributed by atoms with Gasteiger partial charge in [-0.15, -0.1) is 0 Å². The molecule has 0 fully saturated rings. The van der Waals surface area contributed by atoms with Crippen molar-refractivity contribution in [1.29, 1.82) is 0 Å². The van der Waals surface area contributed by atoms with Gasteiger partial charge >= 0.3 is 0 Å². The molecule has 0 aliphatic heterocycles. The molecule has 5 heteroatoms. The highest BCUT2D eigenvalue weighted by molar-refractivity contribution is 6.03. The predicted octanol–water partition coefficient (Wildman–Crippen LogP) is 2.73. The Labute approximate surface area is 125 Å². The van der Waals surface area contributed by atoms with Crippen LogP contribution in [0.25, 0.3) is 0 Å². The number of para-hydroxylation sites is 1. The van der Waals surface area contributed by atoms with Crippen molar-refractivity contribution in [2.75, 3.05) is 11.9 Å². The maximum atomic E-state index is 12.2. The Morgan fingerprint density at radius 1 is 1.33 bits per heavy atom. The molecule has 0 saturated heterocycles. The quantitative estimate of drug-likeness (QED) is 0.858. The van der Waals surface area contributed by atoms with E-state index in [1.165, 1.54) is 0 Å². The summed E-state index contributed by atoms with van der Waals surface area (Å²) in [4.78, 5) is 12.2. The van der Waals surface area contributed by atoms with Crippen molar-refractivity contribution in [1.82, 2.24) is 15.1 Å². The number of nitrogens with zero attached hydrogens (tertiary/aromatic N) is 2. The molecule has 0 spiro atoms. The number of hydrogen-bond acceptors (Lipinski definition) is 3. The van der Waals surface area contributed by atoms with E-state index in [1.807, 2.05) is 24.3 Å². The van der Waals surface area contributed by atoms with Gasteiger partial charge in [-0.05, 0) is 37.6 Å². The molecule has 2 rings (SSSR count). The van der Waals surface area contributed by atoms with Gasteiger partial charge in [-0.3, -0.25) is 9.48 Å². The summed E-state index contributed by atoms with van der Waals surface area (Å²) in [7, 11) is 1.79. The van der Waals surface area contributed by atoms with Gasteiger partial charge in [0.25, 0.3) is 5.91 Å². The van der Waals surface area contributed by atoms with Crippen LogP contribution in [-0.4, -0.2) is 22.2 Å². The number of anilines is 1. The monoisotopic (exact) mass is 286 g/mol. The Kier molecular flexibility index (Phi) is 5.11. The van der Waals surface area contributed by atoms with E-state index in [-0.39, 0.29) is 11.9 Å². The van der Waals surface area contributed by atoms with Crippen LogP contribution in [0.1, 0.15) is 42.4 Å². The van der Waals surface area contributed by atoms with Crippen molar-refractivity contribution in [2.24, 2.45) is 7.05 Å². The molecule has 1 aromatic carbocycles. The molecule has 0 bridgehead atoms. The number of carbonyl (C=O) groups excluding carboxylic acids is 1. The minimum atomic E-state index is -0.189. The molecule has 1 heterocycles. The van der Waals surface area contributed by atoms with Gasteiger partial charge in [0, 0.05) is 25.0 Å². The first-order chi connectivity index (χ1) is 10.1. The molecule has 1 atom stereocenters. The standard InChI is InChI=1S/C16H22N4O/c1-4-10-17-12(2)13-7-5-6-8-14(13)18-16(21)15-9-11-20(3)19-15/h5-9,11-12,17H,4,10H2,1-3H3,(H,18,21). The number of benzene rings is 1. The van der Waals surface area contributed by atoms with Gasteiger partial charge < -0.3 is 10.6 Å². The van der Waals surface area contributed by atoms with Crippen molar-refractivity contribution in [3.63, 3.8) is 0 Å². The zero-order valence-electron chi connectivity index (χ0n) is 12.8. The lowest BCUT2D eigenvalue weighted by Crippen LogP contribution is -2.22. The molecule has 112 valence electrons. The second-order valence-corrected chi connectivity index (χ2v) is 5.09. The summed E-state index contributed by atoms with van der Waals surface area (Å²) in [5, 5.41) is 10.5. The van der Waals surface area contributed by atoms with Crippen molar-refractivity contribution in [3.05, 3.63) is 47.8 Å². The summed E-state index contributed by atoms with van der Waals surface area (Å²) in [6.07, 6.45) is 2.83. The fourth-order valence-electron chi connectivity index (χ4n) is 2.18. The molecule has 0 radical (unpaired) electrons. The van der Waals surface area contributed by atoms with Gasteiger partial charge in [-0.2, -0.15) is 5.10 Å². The highest BCUT2D eigenvalue weighted by Gasteiger charge is 2.14. The van der Waals surface area contributed by atoms with Crippen molar-refractivity contribution in [2.45, 2.75) is 26.3 Å². The van der Waals surface area contributed by atoms with Crippen LogP contribution >= 0.6 is 0 Å². The van der Waals surface area contributed by atoms with Gasteiger partial charge in [-0.25, -0.2) is 0 Å². The summed E-state index contributed by atoms with van der Waals surface area (Å²) in [5.74, 6) is -0.189.